The smallest absolute Gasteiger partial charge is 0.410 e. The Kier molecular flexibility index (Phi) is 8.42. The molecular weight excluding hydrogens is 501 g/mol. The third kappa shape index (κ3) is 6.15. The van der Waals surface area contributed by atoms with Gasteiger partial charge < -0.3 is 19.3 Å². The molecule has 3 aromatic rings. The molecule has 39 heavy (non-hydrogen) atoms. The van der Waals surface area contributed by atoms with Crippen molar-refractivity contribution >= 4 is 28.9 Å². The summed E-state index contributed by atoms with van der Waals surface area (Å²) in [6.07, 6.45) is 1.33. The first-order valence-electron chi connectivity index (χ1n) is 13.7. The molecule has 10 heteroatoms. The van der Waals surface area contributed by atoms with Gasteiger partial charge in [0.15, 0.2) is 5.65 Å². The summed E-state index contributed by atoms with van der Waals surface area (Å²) in [5.41, 5.74) is 1.77. The molecule has 0 N–H and O–H groups in total. The number of benzene rings is 1. The van der Waals surface area contributed by atoms with Gasteiger partial charge in [-0.3, -0.25) is 0 Å². The highest BCUT2D eigenvalue weighted by Crippen LogP contribution is 2.35. The number of fused-ring (bicyclic) bond motifs is 1. The second kappa shape index (κ2) is 11.6. The van der Waals surface area contributed by atoms with Crippen LogP contribution in [0.4, 0.5) is 15.0 Å². The van der Waals surface area contributed by atoms with E-state index in [9.17, 15) is 14.0 Å². The van der Waals surface area contributed by atoms with Crippen molar-refractivity contribution in [3.63, 3.8) is 0 Å². The predicted molar refractivity (Wildman–Crippen MR) is 148 cm³/mol. The van der Waals surface area contributed by atoms with E-state index in [0.29, 0.717) is 54.3 Å². The third-order valence-electron chi connectivity index (χ3n) is 6.85. The molecule has 2 aromatic heterocycles. The van der Waals surface area contributed by atoms with Crippen molar-refractivity contribution in [2.45, 2.75) is 65.9 Å². The lowest BCUT2D eigenvalue weighted by Gasteiger charge is -2.36. The van der Waals surface area contributed by atoms with Crippen LogP contribution in [-0.4, -0.2) is 70.1 Å². The Labute approximate surface area is 228 Å². The van der Waals surface area contributed by atoms with Crippen molar-refractivity contribution in [1.29, 1.82) is 0 Å². The Balaban J connectivity index is 1.80. The lowest BCUT2D eigenvalue weighted by molar-refractivity contribution is 0.0240. The van der Waals surface area contributed by atoms with Gasteiger partial charge in [-0.2, -0.15) is 5.10 Å². The maximum absolute atomic E-state index is 13.7. The first kappa shape index (κ1) is 28.3. The van der Waals surface area contributed by atoms with Crippen molar-refractivity contribution in [3.05, 3.63) is 47.4 Å². The van der Waals surface area contributed by atoms with Gasteiger partial charge in [0, 0.05) is 32.1 Å². The van der Waals surface area contributed by atoms with E-state index in [0.717, 1.165) is 18.5 Å². The Hall–Kier alpha value is -3.69. The van der Waals surface area contributed by atoms with Crippen LogP contribution in [0.25, 0.3) is 16.7 Å². The molecule has 1 fully saturated rings. The van der Waals surface area contributed by atoms with E-state index >= 15 is 0 Å². The molecule has 0 spiro atoms. The summed E-state index contributed by atoms with van der Waals surface area (Å²) >= 11 is 0. The lowest BCUT2D eigenvalue weighted by atomic mass is 9.95. The van der Waals surface area contributed by atoms with E-state index in [-0.39, 0.29) is 24.4 Å². The van der Waals surface area contributed by atoms with Crippen LogP contribution < -0.4 is 4.90 Å². The number of nitrogens with zero attached hydrogens (tertiary/aromatic N) is 5. The van der Waals surface area contributed by atoms with Crippen molar-refractivity contribution in [2.24, 2.45) is 0 Å². The zero-order valence-electron chi connectivity index (χ0n) is 23.7. The summed E-state index contributed by atoms with van der Waals surface area (Å²) < 4.78 is 26.4. The van der Waals surface area contributed by atoms with Crippen LogP contribution in [0.2, 0.25) is 0 Å². The molecule has 1 aliphatic heterocycles. The van der Waals surface area contributed by atoms with Crippen molar-refractivity contribution in [3.8, 4) is 5.69 Å². The standard InChI is InChI=1S/C29H38FN5O4/c1-7-19(8-2)25-24-22(27(36)38-9-3)18-23(31-26(24)35(32-25)21-12-10-20(30)11-13-21)33-14-16-34(17-15-33)28(37)39-29(4,5)6/h10-13,18-19H,7-9,14-17H2,1-6H3. The number of aromatic nitrogens is 3. The topological polar surface area (TPSA) is 89.8 Å². The van der Waals surface area contributed by atoms with Gasteiger partial charge in [0.1, 0.15) is 17.2 Å². The Morgan fingerprint density at radius 2 is 1.67 bits per heavy atom. The molecule has 210 valence electrons. The largest absolute Gasteiger partial charge is 0.462 e. The minimum Gasteiger partial charge on any atom is -0.462 e. The summed E-state index contributed by atoms with van der Waals surface area (Å²) in [6.45, 7) is 13.7. The van der Waals surface area contributed by atoms with Crippen molar-refractivity contribution in [2.75, 3.05) is 37.7 Å². The molecule has 0 saturated carbocycles. The molecule has 0 atom stereocenters. The summed E-state index contributed by atoms with van der Waals surface area (Å²) in [5.74, 6) is -0.0929. The van der Waals surface area contributed by atoms with Crippen molar-refractivity contribution in [1.82, 2.24) is 19.7 Å². The number of carbonyl (C=O) groups is 2. The number of esters is 1. The van der Waals surface area contributed by atoms with Gasteiger partial charge in [-0.1, -0.05) is 13.8 Å². The van der Waals surface area contributed by atoms with E-state index in [1.165, 1.54) is 12.1 Å². The summed E-state index contributed by atoms with van der Waals surface area (Å²) in [6, 6.07) is 7.83. The van der Waals surface area contributed by atoms with E-state index in [1.807, 2.05) is 25.7 Å². The van der Waals surface area contributed by atoms with E-state index in [1.54, 1.807) is 34.7 Å². The molecule has 3 heterocycles. The first-order valence-corrected chi connectivity index (χ1v) is 13.7. The molecule has 0 radical (unpaired) electrons. The highest BCUT2D eigenvalue weighted by Gasteiger charge is 2.30. The van der Waals surface area contributed by atoms with Crippen LogP contribution in [0.1, 0.15) is 76.4 Å². The summed E-state index contributed by atoms with van der Waals surface area (Å²) in [7, 11) is 0. The first-order chi connectivity index (χ1) is 18.6. The Morgan fingerprint density at radius 3 is 2.23 bits per heavy atom. The molecule has 4 rings (SSSR count). The number of hydrogen-bond donors (Lipinski definition) is 0. The van der Waals surface area contributed by atoms with E-state index < -0.39 is 11.6 Å². The number of rotatable bonds is 7. The quantitative estimate of drug-likeness (QED) is 0.356. The van der Waals surface area contributed by atoms with Crippen LogP contribution in [-0.2, 0) is 9.47 Å². The minimum atomic E-state index is -0.569. The molecule has 9 nitrogen and oxygen atoms in total. The molecule has 0 bridgehead atoms. The van der Waals surface area contributed by atoms with Crippen LogP contribution in [0, 0.1) is 5.82 Å². The second-order valence-electron chi connectivity index (χ2n) is 10.7. The van der Waals surface area contributed by atoms with Gasteiger partial charge in [0.25, 0.3) is 0 Å². The maximum atomic E-state index is 13.7. The van der Waals surface area contributed by atoms with Crippen LogP contribution in [0.5, 0.6) is 0 Å². The number of halogens is 1. The zero-order valence-corrected chi connectivity index (χ0v) is 23.7. The second-order valence-corrected chi connectivity index (χ2v) is 10.7. The van der Waals surface area contributed by atoms with Gasteiger partial charge in [-0.25, -0.2) is 23.6 Å². The van der Waals surface area contributed by atoms with Crippen LogP contribution in [0.3, 0.4) is 0 Å². The maximum Gasteiger partial charge on any atom is 0.410 e. The fourth-order valence-corrected chi connectivity index (χ4v) is 4.83. The zero-order chi connectivity index (χ0) is 28.3. The van der Waals surface area contributed by atoms with Crippen LogP contribution >= 0.6 is 0 Å². The Morgan fingerprint density at radius 1 is 1.03 bits per heavy atom. The fourth-order valence-electron chi connectivity index (χ4n) is 4.83. The van der Waals surface area contributed by atoms with Gasteiger partial charge in [-0.05, 0) is 70.9 Å². The minimum absolute atomic E-state index is 0.104. The number of anilines is 1. The molecule has 1 aliphatic rings. The van der Waals surface area contributed by atoms with Gasteiger partial charge >= 0.3 is 12.1 Å². The number of pyridine rings is 1. The normalized spacial score (nSPS) is 14.3. The SMILES string of the molecule is CCOC(=O)c1cc(N2CCN(C(=O)OC(C)(C)C)CC2)nc2c1c(C(CC)CC)nn2-c1ccc(F)cc1. The average Bonchev–Trinajstić information content (AvgIpc) is 3.28. The average molecular weight is 540 g/mol. The monoisotopic (exact) mass is 539 g/mol. The van der Waals surface area contributed by atoms with Gasteiger partial charge in [0.05, 0.1) is 28.9 Å². The number of ether oxygens (including phenoxy) is 2. The Bertz CT molecular complexity index is 1320. The molecule has 1 amide bonds. The fraction of sp³-hybridized carbons (Fsp3) is 0.517. The highest BCUT2D eigenvalue weighted by atomic mass is 19.1. The number of carbonyl (C=O) groups excluding carboxylic acids is 2. The van der Waals surface area contributed by atoms with Gasteiger partial charge in [0.2, 0.25) is 0 Å². The van der Waals surface area contributed by atoms with Gasteiger partial charge in [-0.15, -0.1) is 0 Å². The molecule has 0 unspecified atom stereocenters. The predicted octanol–water partition coefficient (Wildman–Crippen LogP) is 5.70. The molecular formula is C29H38FN5O4. The van der Waals surface area contributed by atoms with Crippen molar-refractivity contribution < 1.29 is 23.5 Å². The lowest BCUT2D eigenvalue weighted by Crippen LogP contribution is -2.50. The number of amides is 1. The number of piperazine rings is 1. The summed E-state index contributed by atoms with van der Waals surface area (Å²) in [4.78, 5) is 34.6. The molecule has 1 aromatic carbocycles. The third-order valence-corrected chi connectivity index (χ3v) is 6.85. The van der Waals surface area contributed by atoms with Crippen LogP contribution in [0.15, 0.2) is 30.3 Å². The van der Waals surface area contributed by atoms with E-state index in [2.05, 4.69) is 13.8 Å². The summed E-state index contributed by atoms with van der Waals surface area (Å²) in [5, 5.41) is 5.58. The molecule has 1 saturated heterocycles. The molecule has 0 aliphatic carbocycles. The number of hydrogen-bond acceptors (Lipinski definition) is 7. The highest BCUT2D eigenvalue weighted by molar-refractivity contribution is 6.05. The van der Waals surface area contributed by atoms with E-state index in [4.69, 9.17) is 19.6 Å².